The molecule has 5 heteroatoms. The molecule has 1 rings (SSSR count). The number of carbonyl (C=O) groups is 1. The molecule has 0 bridgehead atoms. The normalized spacial score (nSPS) is 14.3. The van der Waals surface area contributed by atoms with E-state index in [1.54, 1.807) is 12.4 Å². The van der Waals surface area contributed by atoms with Crippen molar-refractivity contribution in [2.24, 2.45) is 11.7 Å². The van der Waals surface area contributed by atoms with Gasteiger partial charge in [-0.25, -0.2) is 4.98 Å². The Morgan fingerprint density at radius 3 is 2.82 bits per heavy atom. The maximum Gasteiger partial charge on any atom is 0.224 e. The van der Waals surface area contributed by atoms with E-state index in [2.05, 4.69) is 22.2 Å². The van der Waals surface area contributed by atoms with Gasteiger partial charge in [-0.3, -0.25) is 4.79 Å². The molecule has 2 unspecified atom stereocenters. The van der Waals surface area contributed by atoms with Crippen LogP contribution in [0.15, 0.2) is 12.4 Å². The van der Waals surface area contributed by atoms with Gasteiger partial charge in [-0.15, -0.1) is 0 Å². The number of hydrogen-bond acceptors (Lipinski definition) is 3. The van der Waals surface area contributed by atoms with Crippen molar-refractivity contribution in [1.82, 2.24) is 15.3 Å². The molecule has 0 radical (unpaired) electrons. The fraction of sp³-hybridized carbons (Fsp3) is 0.667. The highest BCUT2D eigenvalue weighted by Crippen LogP contribution is 2.13. The lowest BCUT2D eigenvalue weighted by Crippen LogP contribution is -2.37. The molecule has 2 atom stereocenters. The number of hydrogen-bond donors (Lipinski definition) is 3. The highest BCUT2D eigenvalue weighted by molar-refractivity contribution is 5.79. The maximum absolute atomic E-state index is 12.0. The number of amides is 1. The van der Waals surface area contributed by atoms with Gasteiger partial charge in [0, 0.05) is 18.9 Å². The molecule has 1 heterocycles. The van der Waals surface area contributed by atoms with Crippen molar-refractivity contribution in [1.29, 1.82) is 0 Å². The Bertz CT molecular complexity index is 323. The van der Waals surface area contributed by atoms with Gasteiger partial charge in [0.1, 0.15) is 5.82 Å². The summed E-state index contributed by atoms with van der Waals surface area (Å²) in [7, 11) is 0. The van der Waals surface area contributed by atoms with Gasteiger partial charge in [-0.1, -0.05) is 20.3 Å². The number of nitrogens with zero attached hydrogens (tertiary/aromatic N) is 1. The molecule has 1 aromatic rings. The summed E-state index contributed by atoms with van der Waals surface area (Å²) in [5.41, 5.74) is 5.61. The summed E-state index contributed by atoms with van der Waals surface area (Å²) in [6.07, 6.45) is 6.06. The molecule has 17 heavy (non-hydrogen) atoms. The average molecular weight is 238 g/mol. The van der Waals surface area contributed by atoms with Gasteiger partial charge in [-0.05, 0) is 12.8 Å². The van der Waals surface area contributed by atoms with Gasteiger partial charge < -0.3 is 16.0 Å². The molecule has 0 aliphatic rings. The highest BCUT2D eigenvalue weighted by atomic mass is 16.2. The van der Waals surface area contributed by atoms with Crippen molar-refractivity contribution in [3.8, 4) is 0 Å². The number of nitrogens with one attached hydrogen (secondary N) is 2. The molecule has 96 valence electrons. The van der Waals surface area contributed by atoms with Crippen molar-refractivity contribution in [3.63, 3.8) is 0 Å². The SMILES string of the molecule is CCCC(CN)C(=O)NC(CC)c1ncc[nH]1. The summed E-state index contributed by atoms with van der Waals surface area (Å²) in [6.45, 7) is 4.47. The largest absolute Gasteiger partial charge is 0.347 e. The summed E-state index contributed by atoms with van der Waals surface area (Å²) < 4.78 is 0. The van der Waals surface area contributed by atoms with Crippen LogP contribution in [-0.4, -0.2) is 22.4 Å². The Hall–Kier alpha value is -1.36. The zero-order valence-corrected chi connectivity index (χ0v) is 10.6. The van der Waals surface area contributed by atoms with E-state index in [4.69, 9.17) is 5.73 Å². The van der Waals surface area contributed by atoms with Crippen LogP contribution in [0.5, 0.6) is 0 Å². The maximum atomic E-state index is 12.0. The lowest BCUT2D eigenvalue weighted by atomic mass is 10.0. The Balaban J connectivity index is 2.59. The number of nitrogens with two attached hydrogens (primary N) is 1. The monoisotopic (exact) mass is 238 g/mol. The lowest BCUT2D eigenvalue weighted by molar-refractivity contribution is -0.125. The second kappa shape index (κ2) is 7.06. The number of rotatable bonds is 7. The first-order chi connectivity index (χ1) is 8.22. The first kappa shape index (κ1) is 13.7. The van der Waals surface area contributed by atoms with Crippen molar-refractivity contribution < 1.29 is 4.79 Å². The van der Waals surface area contributed by atoms with Gasteiger partial charge in [0.25, 0.3) is 0 Å². The molecule has 5 nitrogen and oxygen atoms in total. The molecule has 0 aliphatic heterocycles. The standard InChI is InChI=1S/C12H22N4O/c1-3-5-9(8-13)12(17)16-10(4-2)11-14-6-7-15-11/h6-7,9-10H,3-5,8,13H2,1-2H3,(H,14,15)(H,16,17). The van der Waals surface area contributed by atoms with Crippen LogP contribution in [0.2, 0.25) is 0 Å². The summed E-state index contributed by atoms with van der Waals surface area (Å²) >= 11 is 0. The molecular weight excluding hydrogens is 216 g/mol. The molecule has 0 spiro atoms. The minimum absolute atomic E-state index is 0.0256. The van der Waals surface area contributed by atoms with Crippen LogP contribution in [-0.2, 0) is 4.79 Å². The highest BCUT2D eigenvalue weighted by Gasteiger charge is 2.20. The molecule has 0 saturated carbocycles. The number of aromatic amines is 1. The van der Waals surface area contributed by atoms with Gasteiger partial charge in [0.15, 0.2) is 0 Å². The molecule has 0 fully saturated rings. The second-order valence-corrected chi connectivity index (χ2v) is 4.17. The third-order valence-electron chi connectivity index (χ3n) is 2.87. The van der Waals surface area contributed by atoms with Crippen molar-refractivity contribution in [3.05, 3.63) is 18.2 Å². The van der Waals surface area contributed by atoms with Crippen molar-refractivity contribution in [2.75, 3.05) is 6.54 Å². The number of aromatic nitrogens is 2. The Morgan fingerprint density at radius 1 is 1.59 bits per heavy atom. The molecule has 1 amide bonds. The number of imidazole rings is 1. The topological polar surface area (TPSA) is 83.8 Å². The molecule has 1 aromatic heterocycles. The Labute approximate surface area is 102 Å². The minimum atomic E-state index is -0.0935. The van der Waals surface area contributed by atoms with E-state index in [1.165, 1.54) is 0 Å². The molecular formula is C12H22N4O. The second-order valence-electron chi connectivity index (χ2n) is 4.17. The van der Waals surface area contributed by atoms with Crippen LogP contribution in [0.3, 0.4) is 0 Å². The predicted molar refractivity (Wildman–Crippen MR) is 67.2 cm³/mol. The minimum Gasteiger partial charge on any atom is -0.347 e. The number of H-pyrrole nitrogens is 1. The summed E-state index contributed by atoms with van der Waals surface area (Å²) in [5.74, 6) is 0.731. The zero-order valence-electron chi connectivity index (χ0n) is 10.6. The Kier molecular flexibility index (Phi) is 5.69. The number of carbonyl (C=O) groups excluding carboxylic acids is 1. The summed E-state index contributed by atoms with van der Waals surface area (Å²) in [4.78, 5) is 19.2. The van der Waals surface area contributed by atoms with E-state index >= 15 is 0 Å². The van der Waals surface area contributed by atoms with Crippen LogP contribution in [0, 0.1) is 5.92 Å². The fourth-order valence-electron chi connectivity index (χ4n) is 1.83. The van der Waals surface area contributed by atoms with Crippen LogP contribution in [0.4, 0.5) is 0 Å². The van der Waals surface area contributed by atoms with Gasteiger partial charge in [0.2, 0.25) is 5.91 Å². The van der Waals surface area contributed by atoms with E-state index in [9.17, 15) is 4.79 Å². The van der Waals surface area contributed by atoms with Crippen molar-refractivity contribution >= 4 is 5.91 Å². The van der Waals surface area contributed by atoms with E-state index in [0.717, 1.165) is 25.1 Å². The van der Waals surface area contributed by atoms with Crippen LogP contribution >= 0.6 is 0 Å². The summed E-state index contributed by atoms with van der Waals surface area (Å²) in [6, 6.07) is -0.0524. The van der Waals surface area contributed by atoms with Crippen LogP contribution in [0.1, 0.15) is 45.0 Å². The third kappa shape index (κ3) is 3.85. The first-order valence-electron chi connectivity index (χ1n) is 6.22. The molecule has 0 aromatic carbocycles. The average Bonchev–Trinajstić information content (AvgIpc) is 2.86. The quantitative estimate of drug-likeness (QED) is 0.670. The van der Waals surface area contributed by atoms with E-state index in [0.29, 0.717) is 6.54 Å². The predicted octanol–water partition coefficient (Wildman–Crippen LogP) is 1.35. The van der Waals surface area contributed by atoms with Crippen molar-refractivity contribution in [2.45, 2.75) is 39.2 Å². The van der Waals surface area contributed by atoms with Gasteiger partial charge in [-0.2, -0.15) is 0 Å². The smallest absolute Gasteiger partial charge is 0.224 e. The Morgan fingerprint density at radius 2 is 2.35 bits per heavy atom. The van der Waals surface area contributed by atoms with Crippen LogP contribution < -0.4 is 11.1 Å². The fourth-order valence-corrected chi connectivity index (χ4v) is 1.83. The van der Waals surface area contributed by atoms with E-state index < -0.39 is 0 Å². The molecule has 4 N–H and O–H groups in total. The lowest BCUT2D eigenvalue weighted by Gasteiger charge is -2.19. The van der Waals surface area contributed by atoms with E-state index in [1.807, 2.05) is 6.92 Å². The van der Waals surface area contributed by atoms with Crippen LogP contribution in [0.25, 0.3) is 0 Å². The van der Waals surface area contributed by atoms with Gasteiger partial charge >= 0.3 is 0 Å². The first-order valence-corrected chi connectivity index (χ1v) is 6.22. The third-order valence-corrected chi connectivity index (χ3v) is 2.87. The zero-order chi connectivity index (χ0) is 12.7. The molecule has 0 saturated heterocycles. The van der Waals surface area contributed by atoms with E-state index in [-0.39, 0.29) is 17.9 Å². The molecule has 0 aliphatic carbocycles. The summed E-state index contributed by atoms with van der Waals surface area (Å²) in [5, 5.41) is 2.99. The van der Waals surface area contributed by atoms with Gasteiger partial charge in [0.05, 0.1) is 12.0 Å².